The van der Waals surface area contributed by atoms with E-state index in [-0.39, 0.29) is 35.9 Å². The summed E-state index contributed by atoms with van der Waals surface area (Å²) in [5.74, 6) is -0.00721. The van der Waals surface area contributed by atoms with E-state index in [0.29, 0.717) is 33.6 Å². The summed E-state index contributed by atoms with van der Waals surface area (Å²) < 4.78 is 1.71. The fourth-order valence-corrected chi connectivity index (χ4v) is 5.18. The lowest BCUT2D eigenvalue weighted by Gasteiger charge is -2.32. The van der Waals surface area contributed by atoms with Crippen LogP contribution < -0.4 is 21.1 Å². The molecule has 1 aliphatic rings. The first-order valence-electron chi connectivity index (χ1n) is 12.0. The van der Waals surface area contributed by atoms with Crippen molar-refractivity contribution in [3.8, 4) is 0 Å². The van der Waals surface area contributed by atoms with Gasteiger partial charge in [-0.1, -0.05) is 37.3 Å². The molecule has 2 aromatic heterocycles. The van der Waals surface area contributed by atoms with E-state index < -0.39 is 0 Å². The largest absolute Gasteiger partial charge is 0.354 e. The molecule has 1 fully saturated rings. The van der Waals surface area contributed by atoms with Crippen LogP contribution in [0.2, 0.25) is 0 Å². The van der Waals surface area contributed by atoms with Crippen LogP contribution in [0, 0.1) is 5.92 Å². The second kappa shape index (κ2) is 10.6. The monoisotopic (exact) mass is 496 g/mol. The average molecular weight is 497 g/mol. The van der Waals surface area contributed by atoms with Crippen molar-refractivity contribution in [2.24, 2.45) is 5.92 Å². The van der Waals surface area contributed by atoms with Gasteiger partial charge in [0.1, 0.15) is 17.6 Å². The lowest BCUT2D eigenvalue weighted by atomic mass is 9.97. The van der Waals surface area contributed by atoms with Crippen molar-refractivity contribution in [3.63, 3.8) is 0 Å². The minimum Gasteiger partial charge on any atom is -0.354 e. The number of carbonyl (C=O) groups excluding carboxylic acids is 2. The molecule has 1 aliphatic heterocycles. The molecule has 186 valence electrons. The van der Waals surface area contributed by atoms with Crippen LogP contribution in [-0.4, -0.2) is 45.5 Å². The predicted octanol–water partition coefficient (Wildman–Crippen LogP) is 3.36. The standard InChI is InChI=1S/C25H32N6O3S/c1-15(2)17-7-5-9-19(11-17)28-20(32)13-31-14-26-22-21(24(31)34)35-25(29-22)30-10-6-8-18(12-30)23(33)27-16(3)4/h5,7,9,11,14-16,18H,6,8,10,12-13H2,1-4H3,(H,27,33)(H,28,32). The normalized spacial score (nSPS) is 16.2. The molecule has 10 heteroatoms. The molecule has 2 amide bonds. The lowest BCUT2D eigenvalue weighted by Crippen LogP contribution is -2.44. The highest BCUT2D eigenvalue weighted by molar-refractivity contribution is 7.22. The topological polar surface area (TPSA) is 109 Å². The van der Waals surface area contributed by atoms with Crippen molar-refractivity contribution in [1.29, 1.82) is 0 Å². The summed E-state index contributed by atoms with van der Waals surface area (Å²) in [6.45, 7) is 9.28. The number of rotatable bonds is 7. The van der Waals surface area contributed by atoms with E-state index in [2.05, 4.69) is 39.3 Å². The van der Waals surface area contributed by atoms with E-state index >= 15 is 0 Å². The van der Waals surface area contributed by atoms with Crippen LogP contribution in [0.5, 0.6) is 0 Å². The highest BCUT2D eigenvalue weighted by atomic mass is 32.1. The van der Waals surface area contributed by atoms with Crippen LogP contribution in [-0.2, 0) is 16.1 Å². The molecule has 4 rings (SSSR count). The number of anilines is 2. The third-order valence-electron chi connectivity index (χ3n) is 6.02. The molecule has 0 saturated carbocycles. The molecule has 2 N–H and O–H groups in total. The van der Waals surface area contributed by atoms with Crippen molar-refractivity contribution >= 4 is 44.3 Å². The third kappa shape index (κ3) is 5.87. The molecule has 1 atom stereocenters. The Labute approximate surface area is 208 Å². The predicted molar refractivity (Wildman–Crippen MR) is 139 cm³/mol. The maximum Gasteiger partial charge on any atom is 0.273 e. The molecule has 1 saturated heterocycles. The fourth-order valence-electron chi connectivity index (χ4n) is 4.18. The molecule has 0 spiro atoms. The number of aromatic nitrogens is 3. The summed E-state index contributed by atoms with van der Waals surface area (Å²) in [5.41, 5.74) is 1.90. The second-order valence-corrected chi connectivity index (χ2v) is 10.6. The van der Waals surface area contributed by atoms with Crippen LogP contribution in [0.15, 0.2) is 35.4 Å². The average Bonchev–Trinajstić information content (AvgIpc) is 3.26. The van der Waals surface area contributed by atoms with E-state index in [1.807, 2.05) is 38.1 Å². The maximum atomic E-state index is 13.1. The molecule has 3 heterocycles. The molecule has 0 radical (unpaired) electrons. The first-order valence-corrected chi connectivity index (χ1v) is 12.8. The van der Waals surface area contributed by atoms with Crippen molar-refractivity contribution in [2.45, 2.75) is 59.0 Å². The first-order chi connectivity index (χ1) is 16.7. The Morgan fingerprint density at radius 2 is 2.03 bits per heavy atom. The lowest BCUT2D eigenvalue weighted by molar-refractivity contribution is -0.125. The van der Waals surface area contributed by atoms with Crippen LogP contribution in [0.25, 0.3) is 10.3 Å². The van der Waals surface area contributed by atoms with E-state index in [9.17, 15) is 14.4 Å². The Kier molecular flexibility index (Phi) is 7.49. The number of piperidine rings is 1. The van der Waals surface area contributed by atoms with Crippen LogP contribution in [0.1, 0.15) is 52.0 Å². The zero-order valence-electron chi connectivity index (χ0n) is 20.6. The van der Waals surface area contributed by atoms with Crippen molar-refractivity contribution < 1.29 is 9.59 Å². The Morgan fingerprint density at radius 1 is 1.23 bits per heavy atom. The SMILES string of the molecule is CC(C)NC(=O)C1CCCN(c2nc3ncn(CC(=O)Nc4cccc(C(C)C)c4)c(=O)c3s2)C1. The fraction of sp³-hybridized carbons (Fsp3) is 0.480. The van der Waals surface area contributed by atoms with Gasteiger partial charge in [0.2, 0.25) is 11.8 Å². The minimum absolute atomic E-state index is 0.0521. The van der Waals surface area contributed by atoms with Gasteiger partial charge >= 0.3 is 0 Å². The highest BCUT2D eigenvalue weighted by Gasteiger charge is 2.28. The molecular weight excluding hydrogens is 464 g/mol. The molecule has 9 nitrogen and oxygen atoms in total. The highest BCUT2D eigenvalue weighted by Crippen LogP contribution is 2.29. The van der Waals surface area contributed by atoms with Gasteiger partial charge in [0.25, 0.3) is 5.56 Å². The Morgan fingerprint density at radius 3 is 2.77 bits per heavy atom. The smallest absolute Gasteiger partial charge is 0.273 e. The molecule has 35 heavy (non-hydrogen) atoms. The van der Waals surface area contributed by atoms with Crippen molar-refractivity contribution in [2.75, 3.05) is 23.3 Å². The van der Waals surface area contributed by atoms with Gasteiger partial charge in [-0.3, -0.25) is 19.0 Å². The van der Waals surface area contributed by atoms with Gasteiger partial charge in [-0.2, -0.15) is 4.98 Å². The van der Waals surface area contributed by atoms with Gasteiger partial charge in [-0.05, 0) is 50.3 Å². The van der Waals surface area contributed by atoms with Crippen molar-refractivity contribution in [1.82, 2.24) is 19.9 Å². The second-order valence-electron chi connectivity index (χ2n) is 9.60. The van der Waals surface area contributed by atoms with Gasteiger partial charge in [0.05, 0.1) is 5.92 Å². The van der Waals surface area contributed by atoms with Crippen LogP contribution in [0.4, 0.5) is 10.8 Å². The minimum atomic E-state index is -0.297. The summed E-state index contributed by atoms with van der Waals surface area (Å²) in [5, 5.41) is 6.53. The van der Waals surface area contributed by atoms with Gasteiger partial charge in [0, 0.05) is 24.8 Å². The molecule has 1 unspecified atom stereocenters. The van der Waals surface area contributed by atoms with Gasteiger partial charge < -0.3 is 15.5 Å². The molecular formula is C25H32N6O3S. The van der Waals surface area contributed by atoms with E-state index in [0.717, 1.165) is 24.9 Å². The molecule has 0 bridgehead atoms. The third-order valence-corrected chi connectivity index (χ3v) is 7.11. The van der Waals surface area contributed by atoms with E-state index in [1.165, 1.54) is 22.2 Å². The zero-order valence-corrected chi connectivity index (χ0v) is 21.4. The van der Waals surface area contributed by atoms with Gasteiger partial charge in [0.15, 0.2) is 10.8 Å². The van der Waals surface area contributed by atoms with E-state index in [4.69, 9.17) is 0 Å². The number of hydrogen-bond acceptors (Lipinski definition) is 7. The number of amides is 2. The van der Waals surface area contributed by atoms with Crippen LogP contribution >= 0.6 is 11.3 Å². The summed E-state index contributed by atoms with van der Waals surface area (Å²) in [4.78, 5) is 49.1. The van der Waals surface area contributed by atoms with Crippen LogP contribution in [0.3, 0.4) is 0 Å². The summed E-state index contributed by atoms with van der Waals surface area (Å²) in [7, 11) is 0. The number of carbonyl (C=O) groups is 2. The molecule has 0 aliphatic carbocycles. The summed E-state index contributed by atoms with van der Waals surface area (Å²) >= 11 is 1.26. The Balaban J connectivity index is 1.48. The first kappa shape index (κ1) is 24.8. The number of nitrogens with one attached hydrogen (secondary N) is 2. The molecule has 1 aromatic carbocycles. The van der Waals surface area contributed by atoms with Gasteiger partial charge in [-0.25, -0.2) is 4.98 Å². The van der Waals surface area contributed by atoms with E-state index in [1.54, 1.807) is 0 Å². The Bertz CT molecular complexity index is 1280. The maximum absolute atomic E-state index is 13.1. The quantitative estimate of drug-likeness (QED) is 0.519. The summed E-state index contributed by atoms with van der Waals surface area (Å²) in [6, 6.07) is 7.79. The summed E-state index contributed by atoms with van der Waals surface area (Å²) in [6.07, 6.45) is 3.08. The number of benzene rings is 1. The van der Waals surface area contributed by atoms with Crippen molar-refractivity contribution in [3.05, 3.63) is 46.5 Å². The number of hydrogen-bond donors (Lipinski definition) is 2. The number of nitrogens with zero attached hydrogens (tertiary/aromatic N) is 4. The number of fused-ring (bicyclic) bond motifs is 1. The zero-order chi connectivity index (χ0) is 25.1. The Hall–Kier alpha value is -3.27. The molecule has 3 aromatic rings. The van der Waals surface area contributed by atoms with Gasteiger partial charge in [-0.15, -0.1) is 0 Å². The number of thiazole rings is 1.